The third-order valence-electron chi connectivity index (χ3n) is 2.20. The number of pyridine rings is 1. The highest BCUT2D eigenvalue weighted by atomic mass is 32.2. The van der Waals surface area contributed by atoms with Gasteiger partial charge in [0.15, 0.2) is 0 Å². The average molecular weight is 265 g/mol. The van der Waals surface area contributed by atoms with Crippen LogP contribution in [0.4, 0.5) is 5.69 Å². The van der Waals surface area contributed by atoms with Crippen molar-refractivity contribution in [3.8, 4) is 5.75 Å². The van der Waals surface area contributed by atoms with Crippen molar-refractivity contribution in [1.82, 2.24) is 4.98 Å². The molecule has 1 heterocycles. The Hall–Kier alpha value is -1.99. The standard InChI is InChI=1S/C11H10N2O4S/c1-7(14)13-9-4-5-10(17-18(15)16)8-3-2-6-12-11(8)9/h2-6H,1H3,(H,13,14)(H,15,16)/p-1. The van der Waals surface area contributed by atoms with Gasteiger partial charge in [0.05, 0.1) is 11.2 Å². The maximum absolute atomic E-state index is 11.1. The fourth-order valence-corrected chi connectivity index (χ4v) is 1.87. The number of nitrogens with one attached hydrogen (secondary N) is 1. The largest absolute Gasteiger partial charge is 0.740 e. The molecular weight excluding hydrogens is 256 g/mol. The van der Waals surface area contributed by atoms with Gasteiger partial charge in [0, 0.05) is 18.5 Å². The molecule has 0 bridgehead atoms. The first-order valence-electron chi connectivity index (χ1n) is 5.01. The molecule has 0 aliphatic rings. The number of hydrogen-bond acceptors (Lipinski definition) is 5. The first-order valence-corrected chi connectivity index (χ1v) is 6.01. The Labute approximate surface area is 105 Å². The van der Waals surface area contributed by atoms with Crippen LogP contribution in [0.2, 0.25) is 0 Å². The van der Waals surface area contributed by atoms with Crippen LogP contribution in [0.25, 0.3) is 10.9 Å². The number of fused-ring (bicyclic) bond motifs is 1. The topological polar surface area (TPSA) is 91.3 Å². The Balaban J connectivity index is 2.58. The zero-order valence-electron chi connectivity index (χ0n) is 9.38. The minimum absolute atomic E-state index is 0.167. The average Bonchev–Trinajstić information content (AvgIpc) is 2.31. The lowest BCUT2D eigenvalue weighted by Gasteiger charge is -2.12. The second-order valence-electron chi connectivity index (χ2n) is 3.48. The molecule has 0 saturated carbocycles. The third-order valence-corrected chi connectivity index (χ3v) is 2.51. The van der Waals surface area contributed by atoms with Crippen LogP contribution in [0.3, 0.4) is 0 Å². The summed E-state index contributed by atoms with van der Waals surface area (Å²) in [5.74, 6) is -0.0661. The van der Waals surface area contributed by atoms with E-state index in [4.69, 9.17) is 0 Å². The van der Waals surface area contributed by atoms with Crippen LogP contribution in [0.1, 0.15) is 6.92 Å². The van der Waals surface area contributed by atoms with E-state index < -0.39 is 11.4 Å². The van der Waals surface area contributed by atoms with Crippen LogP contribution in [0.5, 0.6) is 5.75 Å². The third kappa shape index (κ3) is 2.63. The summed E-state index contributed by atoms with van der Waals surface area (Å²) in [5.41, 5.74) is 0.970. The van der Waals surface area contributed by atoms with Crippen molar-refractivity contribution in [2.24, 2.45) is 0 Å². The Kier molecular flexibility index (Phi) is 3.54. The molecule has 18 heavy (non-hydrogen) atoms. The van der Waals surface area contributed by atoms with Gasteiger partial charge in [-0.3, -0.25) is 9.78 Å². The van der Waals surface area contributed by atoms with E-state index in [-0.39, 0.29) is 11.7 Å². The summed E-state index contributed by atoms with van der Waals surface area (Å²) in [4.78, 5) is 15.2. The molecule has 2 aromatic rings. The smallest absolute Gasteiger partial charge is 0.221 e. The van der Waals surface area contributed by atoms with Crippen molar-refractivity contribution in [2.75, 3.05) is 5.32 Å². The molecule has 2 rings (SSSR count). The van der Waals surface area contributed by atoms with Gasteiger partial charge in [-0.1, -0.05) is 0 Å². The zero-order chi connectivity index (χ0) is 13.1. The summed E-state index contributed by atoms with van der Waals surface area (Å²) in [6.45, 7) is 1.38. The van der Waals surface area contributed by atoms with Crippen molar-refractivity contribution in [3.63, 3.8) is 0 Å². The van der Waals surface area contributed by atoms with Crippen LogP contribution in [0.15, 0.2) is 30.5 Å². The van der Waals surface area contributed by atoms with E-state index in [2.05, 4.69) is 14.5 Å². The monoisotopic (exact) mass is 265 g/mol. The lowest BCUT2D eigenvalue weighted by molar-refractivity contribution is -0.114. The van der Waals surface area contributed by atoms with E-state index in [0.29, 0.717) is 16.6 Å². The van der Waals surface area contributed by atoms with Gasteiger partial charge in [0.2, 0.25) is 5.91 Å². The van der Waals surface area contributed by atoms with Crippen LogP contribution >= 0.6 is 0 Å². The number of anilines is 1. The molecule has 1 unspecified atom stereocenters. The fraction of sp³-hybridized carbons (Fsp3) is 0.0909. The quantitative estimate of drug-likeness (QED) is 0.846. The van der Waals surface area contributed by atoms with E-state index in [1.54, 1.807) is 24.4 Å². The molecule has 6 nitrogen and oxygen atoms in total. The Bertz CT molecular complexity index is 575. The molecule has 7 heteroatoms. The second-order valence-corrected chi connectivity index (χ2v) is 4.05. The van der Waals surface area contributed by atoms with Crippen molar-refractivity contribution < 1.29 is 17.7 Å². The van der Waals surface area contributed by atoms with Crippen molar-refractivity contribution >= 4 is 33.9 Å². The predicted octanol–water partition coefficient (Wildman–Crippen LogP) is 1.37. The Morgan fingerprint density at radius 2 is 2.22 bits per heavy atom. The zero-order valence-corrected chi connectivity index (χ0v) is 10.2. The van der Waals surface area contributed by atoms with E-state index in [0.717, 1.165) is 0 Å². The van der Waals surface area contributed by atoms with Gasteiger partial charge in [-0.15, -0.1) is 0 Å². The lowest BCUT2D eigenvalue weighted by atomic mass is 10.1. The van der Waals surface area contributed by atoms with Crippen LogP contribution in [-0.4, -0.2) is 19.7 Å². The normalized spacial score (nSPS) is 12.1. The van der Waals surface area contributed by atoms with Gasteiger partial charge in [0.25, 0.3) is 0 Å². The minimum Gasteiger partial charge on any atom is -0.740 e. The molecule has 1 aromatic heterocycles. The second kappa shape index (κ2) is 5.11. The van der Waals surface area contributed by atoms with Gasteiger partial charge in [-0.25, -0.2) is 4.21 Å². The number of aromatic nitrogens is 1. The number of hydrogen-bond donors (Lipinski definition) is 1. The summed E-state index contributed by atoms with van der Waals surface area (Å²) in [6, 6.07) is 6.32. The molecule has 0 saturated heterocycles. The highest BCUT2D eigenvalue weighted by Crippen LogP contribution is 2.30. The van der Waals surface area contributed by atoms with E-state index in [1.807, 2.05) is 0 Å². The minimum atomic E-state index is -2.66. The predicted molar refractivity (Wildman–Crippen MR) is 65.6 cm³/mol. The molecule has 1 amide bonds. The van der Waals surface area contributed by atoms with Crippen molar-refractivity contribution in [3.05, 3.63) is 30.5 Å². The van der Waals surface area contributed by atoms with Crippen molar-refractivity contribution in [2.45, 2.75) is 6.92 Å². The summed E-state index contributed by atoms with van der Waals surface area (Å²) in [6.07, 6.45) is 1.55. The van der Waals surface area contributed by atoms with Gasteiger partial charge in [-0.05, 0) is 24.3 Å². The molecule has 0 radical (unpaired) electrons. The van der Waals surface area contributed by atoms with E-state index in [1.165, 1.54) is 13.0 Å². The van der Waals surface area contributed by atoms with Crippen molar-refractivity contribution in [1.29, 1.82) is 0 Å². The highest BCUT2D eigenvalue weighted by Gasteiger charge is 2.09. The number of amides is 1. The van der Waals surface area contributed by atoms with E-state index >= 15 is 0 Å². The molecule has 0 fully saturated rings. The summed E-state index contributed by atoms with van der Waals surface area (Å²) >= 11 is -2.66. The maximum Gasteiger partial charge on any atom is 0.221 e. The van der Waals surface area contributed by atoms with Crippen LogP contribution in [0, 0.1) is 0 Å². The molecule has 0 aliphatic heterocycles. The van der Waals surface area contributed by atoms with Crippen LogP contribution in [-0.2, 0) is 16.2 Å². The molecule has 0 spiro atoms. The molecule has 1 atom stereocenters. The molecule has 1 aromatic carbocycles. The van der Waals surface area contributed by atoms with E-state index in [9.17, 15) is 13.6 Å². The number of nitrogens with zero attached hydrogens (tertiary/aromatic N) is 1. The maximum atomic E-state index is 11.1. The molecule has 1 N–H and O–H groups in total. The molecular formula is C11H9N2O4S-. The molecule has 0 aliphatic carbocycles. The number of carbonyl (C=O) groups is 1. The Morgan fingerprint density at radius 3 is 2.89 bits per heavy atom. The van der Waals surface area contributed by atoms with Crippen LogP contribution < -0.4 is 9.50 Å². The SMILES string of the molecule is CC(=O)Nc1ccc(OS(=O)[O-])c2cccnc12. The number of rotatable bonds is 3. The summed E-state index contributed by atoms with van der Waals surface area (Å²) < 4.78 is 25.8. The number of carbonyl (C=O) groups excluding carboxylic acids is 1. The van der Waals surface area contributed by atoms with Gasteiger partial charge in [-0.2, -0.15) is 0 Å². The fourth-order valence-electron chi connectivity index (χ4n) is 1.58. The van der Waals surface area contributed by atoms with Gasteiger partial charge in [0.1, 0.15) is 17.1 Å². The summed E-state index contributed by atoms with van der Waals surface area (Å²) in [7, 11) is 0. The highest BCUT2D eigenvalue weighted by molar-refractivity contribution is 7.74. The Morgan fingerprint density at radius 1 is 1.44 bits per heavy atom. The molecule has 94 valence electrons. The summed E-state index contributed by atoms with van der Waals surface area (Å²) in [5, 5.41) is 3.12. The first-order chi connectivity index (χ1) is 8.58. The van der Waals surface area contributed by atoms with Gasteiger partial charge >= 0.3 is 0 Å². The first kappa shape index (κ1) is 12.5. The lowest BCUT2D eigenvalue weighted by Crippen LogP contribution is -2.07. The number of benzene rings is 1. The van der Waals surface area contributed by atoms with Gasteiger partial charge < -0.3 is 14.1 Å².